The van der Waals surface area contributed by atoms with E-state index in [4.69, 9.17) is 9.72 Å². The van der Waals surface area contributed by atoms with Crippen molar-refractivity contribution in [2.24, 2.45) is 11.3 Å². The van der Waals surface area contributed by atoms with Gasteiger partial charge in [-0.15, -0.1) is 0 Å². The molecule has 1 aromatic heterocycles. The number of alkyl carbamates (subject to hydrolysis) is 1. The number of methoxy groups -OCH3 is 1. The van der Waals surface area contributed by atoms with E-state index in [1.807, 2.05) is 13.8 Å². The van der Waals surface area contributed by atoms with Gasteiger partial charge in [-0.2, -0.15) is 21.6 Å². The van der Waals surface area contributed by atoms with Gasteiger partial charge in [-0.25, -0.2) is 9.78 Å². The van der Waals surface area contributed by atoms with Gasteiger partial charge in [0, 0.05) is 12.1 Å². The van der Waals surface area contributed by atoms with Gasteiger partial charge in [0.1, 0.15) is 17.6 Å². The second kappa shape index (κ2) is 12.4. The SMILES string of the molecule is COC(=O)N[C@H](C(=O)N1CCC[C@H]1c1nc2ccc(-c3ccc(OS(=O)(=O)C(F)(F)F)c4c3CC3(CCCC3)C4)cc2c(=O)[nH]1)C(C)C. The molecule has 1 aliphatic heterocycles. The van der Waals surface area contributed by atoms with Gasteiger partial charge >= 0.3 is 21.7 Å². The number of ether oxygens (including phenoxy) is 1. The molecule has 0 unspecified atom stereocenters. The lowest BCUT2D eigenvalue weighted by molar-refractivity contribution is -0.135. The quantitative estimate of drug-likeness (QED) is 0.243. The number of hydrogen-bond donors (Lipinski definition) is 2. The monoisotopic (exact) mass is 690 g/mol. The summed E-state index contributed by atoms with van der Waals surface area (Å²) in [4.78, 5) is 48.2. The van der Waals surface area contributed by atoms with Crippen molar-refractivity contribution >= 4 is 33.0 Å². The summed E-state index contributed by atoms with van der Waals surface area (Å²) in [5, 5.41) is 2.88. The Bertz CT molecular complexity index is 1940. The number of nitrogens with one attached hydrogen (secondary N) is 2. The molecule has 0 radical (unpaired) electrons. The molecular weight excluding hydrogens is 653 g/mol. The second-order valence-corrected chi connectivity index (χ2v) is 14.9. The van der Waals surface area contributed by atoms with Gasteiger partial charge in [-0.05, 0) is 84.7 Å². The van der Waals surface area contributed by atoms with E-state index in [-0.39, 0.29) is 28.4 Å². The molecule has 2 N–H and O–H groups in total. The fourth-order valence-electron chi connectivity index (χ4n) is 7.55. The molecule has 6 rings (SSSR count). The summed E-state index contributed by atoms with van der Waals surface area (Å²) in [6.45, 7) is 4.05. The number of nitrogens with zero attached hydrogens (tertiary/aromatic N) is 2. The molecule has 3 aromatic rings. The fourth-order valence-corrected chi connectivity index (χ4v) is 8.03. The number of rotatable bonds is 7. The number of carbonyl (C=O) groups excluding carboxylic acids is 2. The second-order valence-electron chi connectivity index (χ2n) is 13.3. The van der Waals surface area contributed by atoms with Crippen LogP contribution in [-0.4, -0.2) is 60.5 Å². The van der Waals surface area contributed by atoms with Crippen LogP contribution in [-0.2, 0) is 32.5 Å². The number of aromatic nitrogens is 2. The Hall–Kier alpha value is -4.14. The van der Waals surface area contributed by atoms with Crippen LogP contribution in [0, 0.1) is 11.3 Å². The molecular formula is C33H37F3N4O7S. The van der Waals surface area contributed by atoms with E-state index in [9.17, 15) is 36.0 Å². The Morgan fingerprint density at radius 2 is 1.79 bits per heavy atom. The average molecular weight is 691 g/mol. The molecule has 2 amide bonds. The summed E-state index contributed by atoms with van der Waals surface area (Å²) in [5.41, 5.74) is -3.31. The zero-order chi connectivity index (χ0) is 34.6. The topological polar surface area (TPSA) is 148 Å². The van der Waals surface area contributed by atoms with Crippen LogP contribution in [0.4, 0.5) is 18.0 Å². The summed E-state index contributed by atoms with van der Waals surface area (Å²) in [5.74, 6) is -0.528. The number of amides is 2. The van der Waals surface area contributed by atoms with Crippen molar-refractivity contribution in [2.75, 3.05) is 13.7 Å². The Morgan fingerprint density at radius 1 is 1.08 bits per heavy atom. The van der Waals surface area contributed by atoms with Crippen LogP contribution in [0.15, 0.2) is 35.1 Å². The van der Waals surface area contributed by atoms with E-state index >= 15 is 0 Å². The van der Waals surface area contributed by atoms with E-state index in [0.717, 1.165) is 25.7 Å². The third-order valence-corrected chi connectivity index (χ3v) is 10.9. The molecule has 2 aromatic carbocycles. The lowest BCUT2D eigenvalue weighted by atomic mass is 9.83. The predicted molar refractivity (Wildman–Crippen MR) is 170 cm³/mol. The number of likely N-dealkylation sites (tertiary alicyclic amines) is 1. The van der Waals surface area contributed by atoms with Crippen LogP contribution in [0.25, 0.3) is 22.0 Å². The highest BCUT2D eigenvalue weighted by Gasteiger charge is 2.50. The summed E-state index contributed by atoms with van der Waals surface area (Å²) >= 11 is 0. The first-order chi connectivity index (χ1) is 22.6. The summed E-state index contributed by atoms with van der Waals surface area (Å²) in [6.07, 6.45) is 5.17. The number of H-pyrrole nitrogens is 1. The predicted octanol–water partition coefficient (Wildman–Crippen LogP) is 5.52. The van der Waals surface area contributed by atoms with Gasteiger partial charge < -0.3 is 24.1 Å². The van der Waals surface area contributed by atoms with Crippen LogP contribution in [0.1, 0.15) is 75.4 Å². The van der Waals surface area contributed by atoms with Crippen molar-refractivity contribution in [3.8, 4) is 16.9 Å². The maximum Gasteiger partial charge on any atom is 0.534 e. The standard InChI is InChI=1S/C33H37F3N4O7S/c1-18(2)27(38-31(43)46-3)30(42)40-14-6-7-25(40)28-37-24-10-8-19(15-21(24)29(41)39-28)20-9-11-26(47-48(44,45)33(34,35)36)23-17-32(16-22(20)23)12-4-5-13-32/h8-11,15,18,25,27H,4-7,12-14,16-17H2,1-3H3,(H,38,43)(H,37,39,41)/t25-,27-/m0/s1. The molecule has 3 aliphatic rings. The first-order valence-electron chi connectivity index (χ1n) is 16.0. The highest BCUT2D eigenvalue weighted by atomic mass is 32.2. The van der Waals surface area contributed by atoms with Crippen molar-refractivity contribution < 1.29 is 40.1 Å². The lowest BCUT2D eigenvalue weighted by Crippen LogP contribution is -2.51. The van der Waals surface area contributed by atoms with Gasteiger partial charge in [0.05, 0.1) is 24.1 Å². The molecule has 2 aliphatic carbocycles. The molecule has 1 saturated heterocycles. The van der Waals surface area contributed by atoms with E-state index in [1.54, 1.807) is 29.2 Å². The van der Waals surface area contributed by atoms with Crippen LogP contribution >= 0.6 is 0 Å². The number of halogens is 3. The first kappa shape index (κ1) is 33.7. The van der Waals surface area contributed by atoms with Crippen LogP contribution in [0.3, 0.4) is 0 Å². The van der Waals surface area contributed by atoms with Crippen molar-refractivity contribution in [3.63, 3.8) is 0 Å². The molecule has 48 heavy (non-hydrogen) atoms. The minimum Gasteiger partial charge on any atom is -0.453 e. The largest absolute Gasteiger partial charge is 0.534 e. The Balaban J connectivity index is 1.34. The normalized spacial score (nSPS) is 19.6. The first-order valence-corrected chi connectivity index (χ1v) is 17.4. The van der Waals surface area contributed by atoms with Crippen LogP contribution in [0.5, 0.6) is 5.75 Å². The highest BCUT2D eigenvalue weighted by Crippen LogP contribution is 2.53. The maximum absolute atomic E-state index is 13.5. The van der Waals surface area contributed by atoms with E-state index in [1.165, 1.54) is 13.2 Å². The van der Waals surface area contributed by atoms with Gasteiger partial charge in [0.25, 0.3) is 5.56 Å². The number of carbonyl (C=O) groups is 2. The summed E-state index contributed by atoms with van der Waals surface area (Å²) in [7, 11) is -4.64. The molecule has 258 valence electrons. The summed E-state index contributed by atoms with van der Waals surface area (Å²) < 4.78 is 72.9. The van der Waals surface area contributed by atoms with Gasteiger partial charge in [0.15, 0.2) is 0 Å². The number of alkyl halides is 3. The molecule has 2 atom stereocenters. The fraction of sp³-hybridized carbons (Fsp3) is 0.515. The third kappa shape index (κ3) is 6.12. The van der Waals surface area contributed by atoms with Gasteiger partial charge in [-0.1, -0.05) is 38.8 Å². The smallest absolute Gasteiger partial charge is 0.453 e. The molecule has 15 heteroatoms. The van der Waals surface area contributed by atoms with Crippen LogP contribution in [0.2, 0.25) is 0 Å². The minimum absolute atomic E-state index is 0.186. The van der Waals surface area contributed by atoms with Crippen LogP contribution < -0.4 is 15.1 Å². The maximum atomic E-state index is 13.5. The zero-order valence-corrected chi connectivity index (χ0v) is 27.6. The molecule has 1 spiro atoms. The Labute approximate surface area is 275 Å². The van der Waals surface area contributed by atoms with Crippen molar-refractivity contribution in [1.29, 1.82) is 0 Å². The molecule has 2 fully saturated rings. The van der Waals surface area contributed by atoms with Gasteiger partial charge in [0.2, 0.25) is 5.91 Å². The third-order valence-electron chi connectivity index (χ3n) is 9.92. The van der Waals surface area contributed by atoms with Gasteiger partial charge in [-0.3, -0.25) is 9.59 Å². The van der Waals surface area contributed by atoms with Crippen molar-refractivity contribution in [1.82, 2.24) is 20.2 Å². The zero-order valence-electron chi connectivity index (χ0n) is 26.8. The minimum atomic E-state index is -5.86. The Morgan fingerprint density at radius 3 is 2.46 bits per heavy atom. The van der Waals surface area contributed by atoms with E-state index < -0.39 is 39.4 Å². The van der Waals surface area contributed by atoms with Crippen molar-refractivity contribution in [2.45, 2.75) is 82.8 Å². The summed E-state index contributed by atoms with van der Waals surface area (Å²) in [6, 6.07) is 6.58. The number of aromatic amines is 1. The van der Waals surface area contributed by atoms with E-state index in [0.29, 0.717) is 65.8 Å². The molecule has 1 saturated carbocycles. The highest BCUT2D eigenvalue weighted by molar-refractivity contribution is 7.88. The molecule has 2 heterocycles. The lowest BCUT2D eigenvalue weighted by Gasteiger charge is -2.30. The van der Waals surface area contributed by atoms with Crippen molar-refractivity contribution in [3.05, 3.63) is 57.6 Å². The molecule has 0 bridgehead atoms. The molecule has 11 nitrogen and oxygen atoms in total. The number of hydrogen-bond acceptors (Lipinski definition) is 8. The van der Waals surface area contributed by atoms with E-state index in [2.05, 4.69) is 14.5 Å². The number of fused-ring (bicyclic) bond motifs is 2. The average Bonchev–Trinajstić information content (AvgIpc) is 3.79. The Kier molecular flexibility index (Phi) is 8.71. The number of benzene rings is 2.